The predicted octanol–water partition coefficient (Wildman–Crippen LogP) is 4.95. The number of carbonyl (C=O) groups is 1. The molecule has 1 fully saturated rings. The van der Waals surface area contributed by atoms with E-state index in [0.717, 1.165) is 42.9 Å². The van der Waals surface area contributed by atoms with Crippen molar-refractivity contribution in [3.05, 3.63) is 102 Å². The van der Waals surface area contributed by atoms with Gasteiger partial charge in [0, 0.05) is 30.6 Å². The summed E-state index contributed by atoms with van der Waals surface area (Å²) in [5.74, 6) is 0.221. The van der Waals surface area contributed by atoms with E-state index in [1.165, 1.54) is 12.3 Å². The normalized spacial score (nSPS) is 15.5. The van der Waals surface area contributed by atoms with Crippen molar-refractivity contribution in [1.29, 1.82) is 0 Å². The zero-order valence-electron chi connectivity index (χ0n) is 21.8. The molecule has 6 rings (SSSR count). The molecule has 1 aliphatic heterocycles. The average molecular weight is 525 g/mol. The molecule has 1 N–H and O–H groups in total. The first-order valence-electron chi connectivity index (χ1n) is 13.1. The molecular weight excluding hydrogens is 495 g/mol. The molecule has 5 aromatic rings. The Balaban J connectivity index is 1.25. The molecule has 1 aromatic carbocycles. The Morgan fingerprint density at radius 2 is 1.85 bits per heavy atom. The number of rotatable bonds is 6. The highest BCUT2D eigenvalue weighted by atomic mass is 19.1. The first-order chi connectivity index (χ1) is 19.0. The van der Waals surface area contributed by atoms with Gasteiger partial charge in [-0.05, 0) is 70.1 Å². The third-order valence-corrected chi connectivity index (χ3v) is 7.45. The average Bonchev–Trinajstić information content (AvgIpc) is 3.58. The van der Waals surface area contributed by atoms with Crippen LogP contribution in [0, 0.1) is 12.7 Å². The fraction of sp³-hybridized carbons (Fsp3) is 0.276. The number of nitrogens with one attached hydrogen (secondary N) is 1. The van der Waals surface area contributed by atoms with Crippen molar-refractivity contribution >= 4 is 17.4 Å². The SMILES string of the molecule is Cc1ccc(-n2nc(C3CCN(C(C)c4ncccc4F)CC3)cc2NC(=O)c2cnn3cccnc23)cc1. The number of benzene rings is 1. The molecular formula is C29H29FN8O. The fourth-order valence-corrected chi connectivity index (χ4v) is 5.20. The second-order valence-corrected chi connectivity index (χ2v) is 9.96. The fourth-order valence-electron chi connectivity index (χ4n) is 5.20. The van der Waals surface area contributed by atoms with Gasteiger partial charge in [-0.2, -0.15) is 10.2 Å². The minimum absolute atomic E-state index is 0.105. The van der Waals surface area contributed by atoms with Gasteiger partial charge in [0.25, 0.3) is 5.91 Å². The van der Waals surface area contributed by atoms with Gasteiger partial charge in [-0.1, -0.05) is 17.7 Å². The number of hydrogen-bond acceptors (Lipinski definition) is 6. The second kappa shape index (κ2) is 10.4. The number of likely N-dealkylation sites (tertiary alicyclic amines) is 1. The maximum absolute atomic E-state index is 14.3. The number of fused-ring (bicyclic) bond motifs is 1. The highest BCUT2D eigenvalue weighted by Gasteiger charge is 2.29. The summed E-state index contributed by atoms with van der Waals surface area (Å²) >= 11 is 0. The van der Waals surface area contributed by atoms with Gasteiger partial charge in [0.2, 0.25) is 0 Å². The molecule has 1 atom stereocenters. The number of hydrogen-bond donors (Lipinski definition) is 1. The lowest BCUT2D eigenvalue weighted by atomic mass is 9.92. The number of aromatic nitrogens is 6. The van der Waals surface area contributed by atoms with Gasteiger partial charge in [0.15, 0.2) is 5.65 Å². The Labute approximate surface area is 225 Å². The van der Waals surface area contributed by atoms with E-state index < -0.39 is 0 Å². The third kappa shape index (κ3) is 4.90. The number of aryl methyl sites for hydroxylation is 1. The summed E-state index contributed by atoms with van der Waals surface area (Å²) in [5, 5.41) is 12.2. The van der Waals surface area contributed by atoms with E-state index in [1.807, 2.05) is 44.2 Å². The molecule has 0 radical (unpaired) electrons. The first-order valence-corrected chi connectivity index (χ1v) is 13.1. The van der Waals surface area contributed by atoms with Crippen LogP contribution in [-0.2, 0) is 0 Å². The van der Waals surface area contributed by atoms with E-state index in [4.69, 9.17) is 5.10 Å². The zero-order chi connectivity index (χ0) is 26.9. The van der Waals surface area contributed by atoms with E-state index in [9.17, 15) is 9.18 Å². The van der Waals surface area contributed by atoms with E-state index in [2.05, 4.69) is 25.3 Å². The number of pyridine rings is 1. The number of nitrogens with zero attached hydrogens (tertiary/aromatic N) is 7. The Bertz CT molecular complexity index is 1620. The highest BCUT2D eigenvalue weighted by molar-refractivity contribution is 6.07. The largest absolute Gasteiger partial charge is 0.306 e. The molecule has 10 heteroatoms. The maximum atomic E-state index is 14.3. The van der Waals surface area contributed by atoms with Gasteiger partial charge in [-0.25, -0.2) is 18.6 Å². The lowest BCUT2D eigenvalue weighted by Crippen LogP contribution is -2.35. The van der Waals surface area contributed by atoms with Crippen LogP contribution >= 0.6 is 0 Å². The van der Waals surface area contributed by atoms with Crippen molar-refractivity contribution in [2.24, 2.45) is 0 Å². The molecule has 9 nitrogen and oxygen atoms in total. The molecule has 39 heavy (non-hydrogen) atoms. The van der Waals surface area contributed by atoms with E-state index in [1.54, 1.807) is 39.9 Å². The second-order valence-electron chi connectivity index (χ2n) is 9.96. The summed E-state index contributed by atoms with van der Waals surface area (Å²) in [4.78, 5) is 24.1. The molecule has 0 aliphatic carbocycles. The van der Waals surface area contributed by atoms with Crippen molar-refractivity contribution in [3.63, 3.8) is 0 Å². The monoisotopic (exact) mass is 524 g/mol. The number of piperidine rings is 1. The van der Waals surface area contributed by atoms with Gasteiger partial charge < -0.3 is 5.32 Å². The van der Waals surface area contributed by atoms with Crippen molar-refractivity contribution in [2.45, 2.75) is 38.6 Å². The number of anilines is 1. The van der Waals surface area contributed by atoms with Gasteiger partial charge >= 0.3 is 0 Å². The minimum Gasteiger partial charge on any atom is -0.306 e. The van der Waals surface area contributed by atoms with Crippen molar-refractivity contribution in [2.75, 3.05) is 18.4 Å². The smallest absolute Gasteiger partial charge is 0.262 e. The minimum atomic E-state index is -0.301. The summed E-state index contributed by atoms with van der Waals surface area (Å²) in [6.45, 7) is 5.63. The van der Waals surface area contributed by atoms with Crippen molar-refractivity contribution < 1.29 is 9.18 Å². The Morgan fingerprint density at radius 3 is 2.62 bits per heavy atom. The van der Waals surface area contributed by atoms with E-state index in [-0.39, 0.29) is 23.7 Å². The van der Waals surface area contributed by atoms with Gasteiger partial charge in [-0.3, -0.25) is 14.7 Å². The topological polar surface area (TPSA) is 93.2 Å². The molecule has 198 valence electrons. The van der Waals surface area contributed by atoms with Gasteiger partial charge in [0.05, 0.1) is 29.3 Å². The van der Waals surface area contributed by atoms with Crippen LogP contribution in [0.15, 0.2) is 73.3 Å². The van der Waals surface area contributed by atoms with Crippen molar-refractivity contribution in [3.8, 4) is 5.69 Å². The zero-order valence-corrected chi connectivity index (χ0v) is 21.8. The number of amides is 1. The van der Waals surface area contributed by atoms with Crippen LogP contribution in [0.5, 0.6) is 0 Å². The summed E-state index contributed by atoms with van der Waals surface area (Å²) in [7, 11) is 0. The summed E-state index contributed by atoms with van der Waals surface area (Å²) in [5.41, 5.74) is 4.27. The van der Waals surface area contributed by atoms with E-state index in [0.29, 0.717) is 22.7 Å². The standard InChI is InChI=1S/C29H29FN8O/c1-19-6-8-22(9-7-19)38-26(34-29(39)23-18-33-37-14-4-13-32-28(23)37)17-25(35-38)21-10-15-36(16-11-21)20(2)27-24(30)5-3-12-31-27/h3-9,12-14,17-18,20-21H,10-11,15-16H2,1-2H3,(H,34,39). The Hall–Kier alpha value is -4.44. The molecule has 4 aromatic heterocycles. The molecule has 0 bridgehead atoms. The van der Waals surface area contributed by atoms with Gasteiger partial charge in [-0.15, -0.1) is 0 Å². The number of halogens is 1. The third-order valence-electron chi connectivity index (χ3n) is 7.45. The van der Waals surface area contributed by atoms with E-state index >= 15 is 0 Å². The lowest BCUT2D eigenvalue weighted by Gasteiger charge is -2.35. The molecule has 0 spiro atoms. The Morgan fingerprint density at radius 1 is 1.08 bits per heavy atom. The molecule has 5 heterocycles. The first kappa shape index (κ1) is 24.9. The molecule has 1 aliphatic rings. The quantitative estimate of drug-likeness (QED) is 0.338. The summed E-state index contributed by atoms with van der Waals surface area (Å²) in [6.07, 6.45) is 8.29. The van der Waals surface area contributed by atoms with Crippen LogP contribution in [-0.4, -0.2) is 53.3 Å². The molecule has 1 amide bonds. The predicted molar refractivity (Wildman–Crippen MR) is 145 cm³/mol. The molecule has 1 unspecified atom stereocenters. The Kier molecular flexibility index (Phi) is 6.62. The summed E-state index contributed by atoms with van der Waals surface area (Å²) in [6, 6.07) is 14.7. The van der Waals surface area contributed by atoms with Crippen LogP contribution in [0.4, 0.5) is 10.2 Å². The van der Waals surface area contributed by atoms with Crippen LogP contribution in [0.3, 0.4) is 0 Å². The molecule has 0 saturated carbocycles. The van der Waals surface area contributed by atoms with Crippen LogP contribution in [0.25, 0.3) is 11.3 Å². The van der Waals surface area contributed by atoms with Crippen LogP contribution < -0.4 is 5.32 Å². The van der Waals surface area contributed by atoms with Crippen LogP contribution in [0.1, 0.15) is 59.0 Å². The lowest BCUT2D eigenvalue weighted by molar-refractivity contribution is 0.102. The summed E-state index contributed by atoms with van der Waals surface area (Å²) < 4.78 is 17.7. The maximum Gasteiger partial charge on any atom is 0.262 e. The highest BCUT2D eigenvalue weighted by Crippen LogP contribution is 2.33. The van der Waals surface area contributed by atoms with Crippen molar-refractivity contribution in [1.82, 2.24) is 34.3 Å². The van der Waals surface area contributed by atoms with Crippen LogP contribution in [0.2, 0.25) is 0 Å². The van der Waals surface area contributed by atoms with Gasteiger partial charge in [0.1, 0.15) is 17.2 Å². The number of carbonyl (C=O) groups excluding carboxylic acids is 1. The molecule has 1 saturated heterocycles.